The lowest BCUT2D eigenvalue weighted by atomic mass is 10.1. The molecule has 0 saturated carbocycles. The van der Waals surface area contributed by atoms with Gasteiger partial charge in [-0.1, -0.05) is 19.4 Å². The molecule has 1 saturated heterocycles. The minimum atomic E-state index is 0.633. The van der Waals surface area contributed by atoms with Crippen molar-refractivity contribution in [3.8, 4) is 11.5 Å². The maximum Gasteiger partial charge on any atom is 0.161 e. The van der Waals surface area contributed by atoms with E-state index in [-0.39, 0.29) is 0 Å². The van der Waals surface area contributed by atoms with Gasteiger partial charge in [-0.25, -0.2) is 0 Å². The van der Waals surface area contributed by atoms with E-state index in [1.54, 1.807) is 14.2 Å². The summed E-state index contributed by atoms with van der Waals surface area (Å²) >= 11 is 0. The maximum atomic E-state index is 5.37. The summed E-state index contributed by atoms with van der Waals surface area (Å²) in [5.74, 6) is 1.60. The molecule has 0 amide bonds. The monoisotopic (exact) mass is 278 g/mol. The summed E-state index contributed by atoms with van der Waals surface area (Å²) in [7, 11) is 3.35. The quantitative estimate of drug-likeness (QED) is 0.865. The van der Waals surface area contributed by atoms with Gasteiger partial charge in [0.05, 0.1) is 14.2 Å². The van der Waals surface area contributed by atoms with Crippen molar-refractivity contribution >= 4 is 0 Å². The van der Waals surface area contributed by atoms with Crippen LogP contribution in [-0.2, 0) is 6.54 Å². The minimum Gasteiger partial charge on any atom is -0.493 e. The lowest BCUT2D eigenvalue weighted by molar-refractivity contribution is 0.186. The molecule has 1 aliphatic heterocycles. The molecular weight excluding hydrogens is 252 g/mol. The van der Waals surface area contributed by atoms with Gasteiger partial charge < -0.3 is 14.8 Å². The van der Waals surface area contributed by atoms with E-state index in [4.69, 9.17) is 9.47 Å². The fourth-order valence-electron chi connectivity index (χ4n) is 2.82. The third kappa shape index (κ3) is 3.87. The van der Waals surface area contributed by atoms with Crippen LogP contribution >= 0.6 is 0 Å². The fraction of sp³-hybridized carbons (Fsp3) is 0.625. The van der Waals surface area contributed by atoms with E-state index in [1.807, 2.05) is 6.07 Å². The van der Waals surface area contributed by atoms with Crippen LogP contribution in [0.5, 0.6) is 11.5 Å². The summed E-state index contributed by atoms with van der Waals surface area (Å²) in [4.78, 5) is 2.51. The average Bonchev–Trinajstić information content (AvgIpc) is 2.48. The Kier molecular flexibility index (Phi) is 5.68. The Labute approximate surface area is 122 Å². The first-order valence-electron chi connectivity index (χ1n) is 7.43. The Morgan fingerprint density at radius 1 is 1.25 bits per heavy atom. The first kappa shape index (κ1) is 15.1. The molecule has 1 N–H and O–H groups in total. The van der Waals surface area contributed by atoms with Crippen LogP contribution in [0.25, 0.3) is 0 Å². The molecule has 1 unspecified atom stereocenters. The van der Waals surface area contributed by atoms with Crippen LogP contribution in [0.3, 0.4) is 0 Å². The lowest BCUT2D eigenvalue weighted by Crippen LogP contribution is -2.50. The van der Waals surface area contributed by atoms with Crippen molar-refractivity contribution in [1.29, 1.82) is 0 Å². The Bertz CT molecular complexity index is 421. The highest BCUT2D eigenvalue weighted by Crippen LogP contribution is 2.28. The number of nitrogens with zero attached hydrogens (tertiary/aromatic N) is 1. The SMILES string of the molecule is CCCC1CN(Cc2ccc(OC)c(OC)c2)CCN1. The molecule has 112 valence electrons. The van der Waals surface area contributed by atoms with Gasteiger partial charge in [0, 0.05) is 32.2 Å². The summed E-state index contributed by atoms with van der Waals surface area (Å²) in [6.07, 6.45) is 2.49. The third-order valence-corrected chi connectivity index (χ3v) is 3.83. The molecule has 1 atom stereocenters. The van der Waals surface area contributed by atoms with Gasteiger partial charge in [-0.05, 0) is 24.1 Å². The standard InChI is InChI=1S/C16H26N2O2/c1-4-5-14-12-18(9-8-17-14)11-13-6-7-15(19-2)16(10-13)20-3/h6-7,10,14,17H,4-5,8-9,11-12H2,1-3H3. The van der Waals surface area contributed by atoms with Crippen LogP contribution in [0.1, 0.15) is 25.3 Å². The third-order valence-electron chi connectivity index (χ3n) is 3.83. The topological polar surface area (TPSA) is 33.7 Å². The Morgan fingerprint density at radius 3 is 2.75 bits per heavy atom. The number of hydrogen-bond donors (Lipinski definition) is 1. The highest BCUT2D eigenvalue weighted by Gasteiger charge is 2.18. The molecule has 0 spiro atoms. The van der Waals surface area contributed by atoms with Crippen molar-refractivity contribution < 1.29 is 9.47 Å². The number of piperazine rings is 1. The molecule has 2 rings (SSSR count). The van der Waals surface area contributed by atoms with E-state index in [0.29, 0.717) is 6.04 Å². The predicted octanol–water partition coefficient (Wildman–Crippen LogP) is 2.28. The van der Waals surface area contributed by atoms with Gasteiger partial charge in [0.25, 0.3) is 0 Å². The number of benzene rings is 1. The summed E-state index contributed by atoms with van der Waals surface area (Å²) in [6, 6.07) is 6.82. The van der Waals surface area contributed by atoms with E-state index >= 15 is 0 Å². The second kappa shape index (κ2) is 7.50. The summed E-state index contributed by atoms with van der Waals surface area (Å²) in [5.41, 5.74) is 1.28. The molecule has 4 nitrogen and oxygen atoms in total. The van der Waals surface area contributed by atoms with E-state index in [2.05, 4.69) is 29.3 Å². The van der Waals surface area contributed by atoms with E-state index in [1.165, 1.54) is 18.4 Å². The Balaban J connectivity index is 1.98. The second-order valence-corrected chi connectivity index (χ2v) is 5.36. The fourth-order valence-corrected chi connectivity index (χ4v) is 2.82. The van der Waals surface area contributed by atoms with Crippen molar-refractivity contribution in [2.24, 2.45) is 0 Å². The lowest BCUT2D eigenvalue weighted by Gasteiger charge is -2.33. The zero-order valence-electron chi connectivity index (χ0n) is 12.8. The number of rotatable bonds is 6. The van der Waals surface area contributed by atoms with Crippen molar-refractivity contribution in [3.63, 3.8) is 0 Å². The largest absolute Gasteiger partial charge is 0.493 e. The van der Waals surface area contributed by atoms with Crippen molar-refractivity contribution in [2.75, 3.05) is 33.9 Å². The molecule has 4 heteroatoms. The molecular formula is C16H26N2O2. The van der Waals surface area contributed by atoms with Gasteiger partial charge in [-0.15, -0.1) is 0 Å². The molecule has 1 aliphatic rings. The van der Waals surface area contributed by atoms with Crippen molar-refractivity contribution in [3.05, 3.63) is 23.8 Å². The van der Waals surface area contributed by atoms with Crippen LogP contribution in [0.15, 0.2) is 18.2 Å². The minimum absolute atomic E-state index is 0.633. The zero-order valence-corrected chi connectivity index (χ0v) is 12.8. The summed E-state index contributed by atoms with van der Waals surface area (Å²) in [6.45, 7) is 6.53. The van der Waals surface area contributed by atoms with Crippen LogP contribution in [0.2, 0.25) is 0 Å². The van der Waals surface area contributed by atoms with Crippen LogP contribution in [0.4, 0.5) is 0 Å². The van der Waals surface area contributed by atoms with Gasteiger partial charge in [-0.3, -0.25) is 4.90 Å². The highest BCUT2D eigenvalue weighted by molar-refractivity contribution is 5.42. The molecule has 20 heavy (non-hydrogen) atoms. The zero-order chi connectivity index (χ0) is 14.4. The van der Waals surface area contributed by atoms with E-state index < -0.39 is 0 Å². The maximum absolute atomic E-state index is 5.37. The van der Waals surface area contributed by atoms with Crippen LogP contribution < -0.4 is 14.8 Å². The molecule has 0 radical (unpaired) electrons. The number of methoxy groups -OCH3 is 2. The Hall–Kier alpha value is -1.26. The number of ether oxygens (including phenoxy) is 2. The summed E-state index contributed by atoms with van der Waals surface area (Å²) in [5, 5.41) is 3.59. The second-order valence-electron chi connectivity index (χ2n) is 5.36. The van der Waals surface area contributed by atoms with Crippen molar-refractivity contribution in [1.82, 2.24) is 10.2 Å². The van der Waals surface area contributed by atoms with Gasteiger partial charge >= 0.3 is 0 Å². The molecule has 0 aromatic heterocycles. The first-order valence-corrected chi connectivity index (χ1v) is 7.43. The van der Waals surface area contributed by atoms with E-state index in [9.17, 15) is 0 Å². The molecule has 0 aliphatic carbocycles. The first-order chi connectivity index (χ1) is 9.76. The van der Waals surface area contributed by atoms with Crippen LogP contribution in [-0.4, -0.2) is 44.8 Å². The molecule has 0 bridgehead atoms. The number of nitrogens with one attached hydrogen (secondary N) is 1. The van der Waals surface area contributed by atoms with Crippen molar-refractivity contribution in [2.45, 2.75) is 32.4 Å². The smallest absolute Gasteiger partial charge is 0.161 e. The molecule has 1 aromatic carbocycles. The molecule has 1 heterocycles. The van der Waals surface area contributed by atoms with Gasteiger partial charge in [0.2, 0.25) is 0 Å². The molecule has 1 aromatic rings. The molecule has 1 fully saturated rings. The average molecular weight is 278 g/mol. The van der Waals surface area contributed by atoms with Gasteiger partial charge in [0.1, 0.15) is 0 Å². The Morgan fingerprint density at radius 2 is 2.05 bits per heavy atom. The predicted molar refractivity (Wildman–Crippen MR) is 81.5 cm³/mol. The summed E-state index contributed by atoms with van der Waals surface area (Å²) < 4.78 is 10.7. The van der Waals surface area contributed by atoms with E-state index in [0.717, 1.165) is 37.7 Å². The number of hydrogen-bond acceptors (Lipinski definition) is 4. The highest BCUT2D eigenvalue weighted by atomic mass is 16.5. The van der Waals surface area contributed by atoms with Crippen LogP contribution in [0, 0.1) is 0 Å². The normalized spacial score (nSPS) is 19.9. The van der Waals surface area contributed by atoms with Gasteiger partial charge in [0.15, 0.2) is 11.5 Å². The van der Waals surface area contributed by atoms with Gasteiger partial charge in [-0.2, -0.15) is 0 Å².